The topological polar surface area (TPSA) is 57.8 Å². The minimum absolute atomic E-state index is 0.367. The predicted octanol–water partition coefficient (Wildman–Crippen LogP) is 3.89. The molecule has 2 aromatic heterocycles. The van der Waals surface area contributed by atoms with Gasteiger partial charge in [-0.25, -0.2) is 4.98 Å². The maximum atomic E-state index is 6.29. The Bertz CT molecular complexity index is 1280. The van der Waals surface area contributed by atoms with E-state index in [0.717, 1.165) is 34.3 Å². The van der Waals surface area contributed by atoms with E-state index in [-0.39, 0.29) is 0 Å². The molecule has 0 saturated heterocycles. The summed E-state index contributed by atoms with van der Waals surface area (Å²) in [7, 11) is 1.65. The average molecular weight is 416 g/mol. The predicted molar refractivity (Wildman–Crippen MR) is 114 cm³/mol. The van der Waals surface area contributed by atoms with Crippen LogP contribution < -0.4 is 0 Å². The normalized spacial score (nSPS) is 11.7. The maximum Gasteiger partial charge on any atom is 0.166 e. The molecule has 0 radical (unpaired) electrons. The van der Waals surface area contributed by atoms with Gasteiger partial charge in [0, 0.05) is 24.1 Å². The molecule has 7 heteroatoms. The van der Waals surface area contributed by atoms with Crippen LogP contribution in [0.4, 0.5) is 0 Å². The Kier molecular flexibility index (Phi) is 4.83. The highest BCUT2D eigenvalue weighted by Gasteiger charge is 2.25. The summed E-state index contributed by atoms with van der Waals surface area (Å²) in [5, 5.41) is 9.38. The molecule has 30 heavy (non-hydrogen) atoms. The Morgan fingerprint density at radius 2 is 2.00 bits per heavy atom. The highest BCUT2D eigenvalue weighted by atomic mass is 35.5. The minimum Gasteiger partial charge on any atom is -0.377 e. The molecule has 1 aliphatic rings. The summed E-state index contributed by atoms with van der Waals surface area (Å²) in [6.45, 7) is 0.911. The fraction of sp³-hybridized carbons (Fsp3) is 0.174. The molecule has 0 atom stereocenters. The van der Waals surface area contributed by atoms with Gasteiger partial charge in [-0.1, -0.05) is 47.9 Å². The zero-order chi connectivity index (χ0) is 20.5. The third-order valence-electron chi connectivity index (χ3n) is 5.08. The third kappa shape index (κ3) is 3.28. The molecule has 0 aliphatic carbocycles. The Balaban J connectivity index is 1.61. The number of benzene rings is 2. The lowest BCUT2D eigenvalue weighted by Gasteiger charge is -2.08. The molecule has 0 N–H and O–H groups in total. The van der Waals surface area contributed by atoms with Crippen molar-refractivity contribution in [3.8, 4) is 28.9 Å². The van der Waals surface area contributed by atoms with Gasteiger partial charge >= 0.3 is 0 Å². The SMILES string of the molecule is COCc1nnc2n1Cc1c(C#CCc3ccccc3)ncn1-c1ccc(Cl)cc1-2. The van der Waals surface area contributed by atoms with Crippen molar-refractivity contribution in [1.29, 1.82) is 0 Å². The Morgan fingerprint density at radius 3 is 2.83 bits per heavy atom. The van der Waals surface area contributed by atoms with Crippen molar-refractivity contribution in [2.24, 2.45) is 0 Å². The van der Waals surface area contributed by atoms with Gasteiger partial charge in [-0.3, -0.25) is 4.57 Å². The maximum absolute atomic E-state index is 6.29. The molecule has 5 rings (SSSR count). The van der Waals surface area contributed by atoms with E-state index >= 15 is 0 Å². The van der Waals surface area contributed by atoms with Crippen LogP contribution in [-0.2, 0) is 24.3 Å². The van der Waals surface area contributed by atoms with E-state index in [1.165, 1.54) is 5.56 Å². The van der Waals surface area contributed by atoms with Gasteiger partial charge in [0.25, 0.3) is 0 Å². The standard InChI is InChI=1S/C23H18ClN5O/c1-30-14-22-26-27-23-18-12-17(24)10-11-20(18)29-15-25-19(21(29)13-28(22)23)9-5-8-16-6-3-2-4-7-16/h2-4,6-7,10-12,15H,8,13-14H2,1H3. The van der Waals surface area contributed by atoms with Gasteiger partial charge in [0.2, 0.25) is 0 Å². The van der Waals surface area contributed by atoms with Crippen molar-refractivity contribution in [2.45, 2.75) is 19.6 Å². The fourth-order valence-corrected chi connectivity index (χ4v) is 3.82. The lowest BCUT2D eigenvalue weighted by atomic mass is 10.1. The van der Waals surface area contributed by atoms with Crippen molar-refractivity contribution >= 4 is 11.6 Å². The van der Waals surface area contributed by atoms with Crippen molar-refractivity contribution in [3.63, 3.8) is 0 Å². The lowest BCUT2D eigenvalue weighted by molar-refractivity contribution is 0.174. The number of hydrogen-bond donors (Lipinski definition) is 0. The summed E-state index contributed by atoms with van der Waals surface area (Å²) in [5.74, 6) is 8.01. The van der Waals surface area contributed by atoms with Crippen LogP contribution in [0.5, 0.6) is 0 Å². The zero-order valence-electron chi connectivity index (χ0n) is 16.3. The highest BCUT2D eigenvalue weighted by molar-refractivity contribution is 6.31. The molecule has 3 heterocycles. The number of ether oxygens (including phenoxy) is 1. The molecular weight excluding hydrogens is 398 g/mol. The second-order valence-electron chi connectivity index (χ2n) is 6.99. The minimum atomic E-state index is 0.367. The second-order valence-corrected chi connectivity index (χ2v) is 7.43. The molecule has 6 nitrogen and oxygen atoms in total. The molecular formula is C23H18ClN5O. The molecule has 1 aliphatic heterocycles. The van der Waals surface area contributed by atoms with Gasteiger partial charge in [-0.2, -0.15) is 0 Å². The first-order chi connectivity index (χ1) is 14.7. The summed E-state index contributed by atoms with van der Waals surface area (Å²) >= 11 is 6.29. The van der Waals surface area contributed by atoms with Gasteiger partial charge in [-0.15, -0.1) is 10.2 Å². The van der Waals surface area contributed by atoms with Gasteiger partial charge < -0.3 is 9.30 Å². The van der Waals surface area contributed by atoms with Crippen molar-refractivity contribution in [3.05, 3.63) is 82.7 Å². The van der Waals surface area contributed by atoms with Crippen molar-refractivity contribution < 1.29 is 4.74 Å². The molecule has 2 aromatic carbocycles. The Hall–Kier alpha value is -3.40. The van der Waals surface area contributed by atoms with Gasteiger partial charge in [0.15, 0.2) is 11.6 Å². The first-order valence-electron chi connectivity index (χ1n) is 9.55. The van der Waals surface area contributed by atoms with E-state index in [9.17, 15) is 0 Å². The van der Waals surface area contributed by atoms with Crippen LogP contribution in [0.1, 0.15) is 22.8 Å². The molecule has 0 amide bonds. The van der Waals surface area contributed by atoms with Gasteiger partial charge in [0.1, 0.15) is 18.6 Å². The van der Waals surface area contributed by atoms with E-state index in [2.05, 4.69) is 43.7 Å². The highest BCUT2D eigenvalue weighted by Crippen LogP contribution is 2.34. The molecule has 0 fully saturated rings. The van der Waals surface area contributed by atoms with Crippen LogP contribution >= 0.6 is 11.6 Å². The van der Waals surface area contributed by atoms with Gasteiger partial charge in [0.05, 0.1) is 17.9 Å². The molecule has 4 aromatic rings. The van der Waals surface area contributed by atoms with Crippen LogP contribution in [0.15, 0.2) is 54.9 Å². The molecule has 0 spiro atoms. The number of imidazole rings is 1. The Morgan fingerprint density at radius 1 is 1.13 bits per heavy atom. The molecule has 0 saturated carbocycles. The quantitative estimate of drug-likeness (QED) is 0.419. The van der Waals surface area contributed by atoms with E-state index in [1.807, 2.05) is 47.3 Å². The van der Waals surface area contributed by atoms with Crippen LogP contribution in [0.25, 0.3) is 17.1 Å². The number of rotatable bonds is 3. The summed E-state index contributed by atoms with van der Waals surface area (Å²) in [5.41, 5.74) is 4.76. The number of hydrogen-bond acceptors (Lipinski definition) is 4. The zero-order valence-corrected chi connectivity index (χ0v) is 17.1. The van der Waals surface area contributed by atoms with Crippen LogP contribution in [0, 0.1) is 11.8 Å². The number of methoxy groups -OCH3 is 1. The summed E-state index contributed by atoms with van der Waals surface area (Å²) in [6, 6.07) is 15.9. The van der Waals surface area contributed by atoms with Crippen molar-refractivity contribution in [1.82, 2.24) is 24.3 Å². The summed E-state index contributed by atoms with van der Waals surface area (Å²) < 4.78 is 9.42. The van der Waals surface area contributed by atoms with Crippen LogP contribution in [0.3, 0.4) is 0 Å². The number of nitrogens with zero attached hydrogens (tertiary/aromatic N) is 5. The van der Waals surface area contributed by atoms with E-state index < -0.39 is 0 Å². The van der Waals surface area contributed by atoms with Crippen LogP contribution in [-0.4, -0.2) is 31.4 Å². The lowest BCUT2D eigenvalue weighted by Crippen LogP contribution is -2.09. The molecule has 0 bridgehead atoms. The number of fused-ring (bicyclic) bond motifs is 5. The fourth-order valence-electron chi connectivity index (χ4n) is 3.65. The second kappa shape index (κ2) is 7.79. The smallest absolute Gasteiger partial charge is 0.166 e. The third-order valence-corrected chi connectivity index (χ3v) is 5.31. The summed E-state index contributed by atoms with van der Waals surface area (Å²) in [4.78, 5) is 4.60. The average Bonchev–Trinajstić information content (AvgIpc) is 3.31. The van der Waals surface area contributed by atoms with E-state index in [1.54, 1.807) is 7.11 Å². The first-order valence-corrected chi connectivity index (χ1v) is 9.92. The molecule has 148 valence electrons. The van der Waals surface area contributed by atoms with E-state index in [0.29, 0.717) is 24.6 Å². The van der Waals surface area contributed by atoms with Gasteiger partial charge in [-0.05, 0) is 29.7 Å². The Labute approximate surface area is 179 Å². The monoisotopic (exact) mass is 415 g/mol. The summed E-state index contributed by atoms with van der Waals surface area (Å²) in [6.07, 6.45) is 2.48. The number of halogens is 1. The van der Waals surface area contributed by atoms with Crippen molar-refractivity contribution in [2.75, 3.05) is 7.11 Å². The largest absolute Gasteiger partial charge is 0.377 e. The molecule has 0 unspecified atom stereocenters. The van der Waals surface area contributed by atoms with Crippen LogP contribution in [0.2, 0.25) is 5.02 Å². The number of aromatic nitrogens is 5. The first kappa shape index (κ1) is 18.6. The van der Waals surface area contributed by atoms with E-state index in [4.69, 9.17) is 16.3 Å².